The number of carbonyl (C=O) groups is 1. The number of hydrogen-bond donors (Lipinski definition) is 2. The van der Waals surface area contributed by atoms with E-state index in [-0.39, 0.29) is 17.8 Å². The van der Waals surface area contributed by atoms with Crippen molar-refractivity contribution in [2.75, 3.05) is 0 Å². The van der Waals surface area contributed by atoms with Crippen LogP contribution in [-0.2, 0) is 6.42 Å². The molecule has 1 atom stereocenters. The van der Waals surface area contributed by atoms with Gasteiger partial charge in [-0.3, -0.25) is 9.89 Å². The minimum Gasteiger partial charge on any atom is -0.345 e. The highest BCUT2D eigenvalue weighted by Crippen LogP contribution is 2.25. The van der Waals surface area contributed by atoms with Crippen LogP contribution in [0.1, 0.15) is 54.8 Å². The number of nitrogens with zero attached hydrogens (tertiary/aromatic N) is 1. The van der Waals surface area contributed by atoms with Gasteiger partial charge in [0, 0.05) is 22.2 Å². The quantitative estimate of drug-likeness (QED) is 0.670. The Hall–Kier alpha value is -2.69. The number of benzene rings is 2. The lowest BCUT2D eigenvalue weighted by molar-refractivity contribution is 0.0931. The Balaban J connectivity index is 1.89. The molecule has 0 aliphatic heterocycles. The van der Waals surface area contributed by atoms with Gasteiger partial charge in [-0.2, -0.15) is 5.10 Å². The summed E-state index contributed by atoms with van der Waals surface area (Å²) in [5.74, 6) is -0.177. The number of aryl methyl sites for hydroxylation is 1. The van der Waals surface area contributed by atoms with Gasteiger partial charge < -0.3 is 5.32 Å². The van der Waals surface area contributed by atoms with Crippen molar-refractivity contribution in [3.8, 4) is 0 Å². The first-order chi connectivity index (χ1) is 12.5. The fourth-order valence-electron chi connectivity index (χ4n) is 3.21. The molecule has 3 aromatic rings. The van der Waals surface area contributed by atoms with Crippen LogP contribution >= 0.6 is 0 Å². The maximum Gasteiger partial charge on any atom is 0.251 e. The number of fused-ring (bicyclic) bond motifs is 1. The molecule has 0 fully saturated rings. The normalized spacial score (nSPS) is 12.5. The van der Waals surface area contributed by atoms with Gasteiger partial charge >= 0.3 is 0 Å². The van der Waals surface area contributed by atoms with E-state index >= 15 is 0 Å². The van der Waals surface area contributed by atoms with Crippen LogP contribution in [0.5, 0.6) is 0 Å². The number of hydrogen-bond acceptors (Lipinski definition) is 2. The fourth-order valence-corrected chi connectivity index (χ4v) is 3.21. The smallest absolute Gasteiger partial charge is 0.251 e. The molecule has 1 unspecified atom stereocenters. The predicted molar refractivity (Wildman–Crippen MR) is 102 cm³/mol. The molecule has 0 bridgehead atoms. The van der Waals surface area contributed by atoms with Gasteiger partial charge in [-0.05, 0) is 43.0 Å². The molecule has 26 heavy (non-hydrogen) atoms. The summed E-state index contributed by atoms with van der Waals surface area (Å²) in [5, 5.41) is 11.2. The Labute approximate surface area is 152 Å². The maximum atomic E-state index is 14.2. The first-order valence-electron chi connectivity index (χ1n) is 9.01. The molecular formula is C21H24FN3O. The lowest BCUT2D eigenvalue weighted by Crippen LogP contribution is -2.30. The number of aromatic nitrogens is 2. The number of aromatic amines is 1. The van der Waals surface area contributed by atoms with Crippen molar-refractivity contribution in [3.05, 3.63) is 65.1 Å². The van der Waals surface area contributed by atoms with E-state index in [1.165, 1.54) is 6.07 Å². The number of carbonyl (C=O) groups excluding carboxylic acids is 1. The van der Waals surface area contributed by atoms with Crippen LogP contribution in [0.15, 0.2) is 42.5 Å². The van der Waals surface area contributed by atoms with Crippen molar-refractivity contribution in [1.29, 1.82) is 0 Å². The summed E-state index contributed by atoms with van der Waals surface area (Å²) in [6, 6.07) is 11.7. The van der Waals surface area contributed by atoms with Gasteiger partial charge in [0.05, 0.1) is 11.6 Å². The van der Waals surface area contributed by atoms with E-state index in [9.17, 15) is 9.18 Å². The SMILES string of the molecule is CCc1[nH]nc2ccc(C(=O)NC(CC(C)C)c3ccccc3F)cc12. The third-order valence-electron chi connectivity index (χ3n) is 4.54. The molecule has 0 aliphatic carbocycles. The highest BCUT2D eigenvalue weighted by atomic mass is 19.1. The molecule has 5 heteroatoms. The first-order valence-corrected chi connectivity index (χ1v) is 9.01. The van der Waals surface area contributed by atoms with E-state index in [1.807, 2.05) is 19.1 Å². The highest BCUT2D eigenvalue weighted by molar-refractivity contribution is 5.98. The number of amides is 1. The second kappa shape index (κ2) is 7.68. The van der Waals surface area contributed by atoms with Crippen molar-refractivity contribution < 1.29 is 9.18 Å². The molecule has 136 valence electrons. The standard InChI is InChI=1S/C21H24FN3O/c1-4-18-16-12-14(9-10-19(16)25-24-18)21(26)23-20(11-13(2)3)15-7-5-6-8-17(15)22/h5-10,12-13,20H,4,11H2,1-3H3,(H,23,26)(H,24,25). The van der Waals surface area contributed by atoms with E-state index in [2.05, 4.69) is 29.4 Å². The second-order valence-corrected chi connectivity index (χ2v) is 6.96. The average molecular weight is 353 g/mol. The van der Waals surface area contributed by atoms with Crippen molar-refractivity contribution >= 4 is 16.8 Å². The minimum absolute atomic E-state index is 0.205. The first kappa shape index (κ1) is 18.1. The van der Waals surface area contributed by atoms with Gasteiger partial charge in [0.1, 0.15) is 5.82 Å². The molecule has 0 saturated carbocycles. The Bertz CT molecular complexity index is 917. The van der Waals surface area contributed by atoms with Crippen LogP contribution in [-0.4, -0.2) is 16.1 Å². The molecule has 2 N–H and O–H groups in total. The summed E-state index contributed by atoms with van der Waals surface area (Å²) in [5.41, 5.74) is 2.92. The maximum absolute atomic E-state index is 14.2. The fraction of sp³-hybridized carbons (Fsp3) is 0.333. The largest absolute Gasteiger partial charge is 0.345 e. The van der Waals surface area contributed by atoms with Crippen LogP contribution in [0, 0.1) is 11.7 Å². The second-order valence-electron chi connectivity index (χ2n) is 6.96. The van der Waals surface area contributed by atoms with Gasteiger partial charge in [0.15, 0.2) is 0 Å². The number of nitrogens with one attached hydrogen (secondary N) is 2. The molecule has 0 aliphatic rings. The molecule has 0 radical (unpaired) electrons. The molecule has 3 rings (SSSR count). The average Bonchev–Trinajstić information content (AvgIpc) is 3.03. The summed E-state index contributed by atoms with van der Waals surface area (Å²) >= 11 is 0. The highest BCUT2D eigenvalue weighted by Gasteiger charge is 2.20. The monoisotopic (exact) mass is 353 g/mol. The lowest BCUT2D eigenvalue weighted by Gasteiger charge is -2.21. The van der Waals surface area contributed by atoms with E-state index in [0.29, 0.717) is 23.5 Å². The number of rotatable bonds is 6. The zero-order chi connectivity index (χ0) is 18.7. The summed E-state index contributed by atoms with van der Waals surface area (Å²) in [7, 11) is 0. The zero-order valence-corrected chi connectivity index (χ0v) is 15.3. The Kier molecular flexibility index (Phi) is 5.35. The zero-order valence-electron chi connectivity index (χ0n) is 15.3. The molecule has 0 saturated heterocycles. The van der Waals surface area contributed by atoms with Crippen LogP contribution in [0.4, 0.5) is 4.39 Å². The van der Waals surface area contributed by atoms with Crippen molar-refractivity contribution in [3.63, 3.8) is 0 Å². The van der Waals surface area contributed by atoms with Crippen LogP contribution in [0.3, 0.4) is 0 Å². The summed E-state index contributed by atoms with van der Waals surface area (Å²) < 4.78 is 14.2. The third kappa shape index (κ3) is 3.77. The molecule has 1 amide bonds. The van der Waals surface area contributed by atoms with E-state index in [1.54, 1.807) is 24.3 Å². The van der Waals surface area contributed by atoms with Crippen LogP contribution in [0.2, 0.25) is 0 Å². The number of halogens is 1. The Morgan fingerprint density at radius 1 is 1.23 bits per heavy atom. The van der Waals surface area contributed by atoms with Crippen molar-refractivity contribution in [1.82, 2.24) is 15.5 Å². The molecular weight excluding hydrogens is 329 g/mol. The molecule has 1 heterocycles. The van der Waals surface area contributed by atoms with Crippen LogP contribution < -0.4 is 5.32 Å². The number of H-pyrrole nitrogens is 1. The third-order valence-corrected chi connectivity index (χ3v) is 4.54. The summed E-state index contributed by atoms with van der Waals surface area (Å²) in [4.78, 5) is 12.8. The van der Waals surface area contributed by atoms with Gasteiger partial charge in [-0.1, -0.05) is 39.0 Å². The van der Waals surface area contributed by atoms with Crippen LogP contribution in [0.25, 0.3) is 10.9 Å². The lowest BCUT2D eigenvalue weighted by atomic mass is 9.96. The minimum atomic E-state index is -0.366. The van der Waals surface area contributed by atoms with Gasteiger partial charge in [-0.25, -0.2) is 4.39 Å². The van der Waals surface area contributed by atoms with E-state index in [4.69, 9.17) is 0 Å². The van der Waals surface area contributed by atoms with Gasteiger partial charge in [0.25, 0.3) is 5.91 Å². The molecule has 4 nitrogen and oxygen atoms in total. The molecule has 2 aromatic carbocycles. The molecule has 1 aromatic heterocycles. The topological polar surface area (TPSA) is 57.8 Å². The van der Waals surface area contributed by atoms with Gasteiger partial charge in [0.2, 0.25) is 0 Å². The van der Waals surface area contributed by atoms with E-state index < -0.39 is 0 Å². The van der Waals surface area contributed by atoms with E-state index in [0.717, 1.165) is 23.0 Å². The summed E-state index contributed by atoms with van der Waals surface area (Å²) in [6.45, 7) is 6.16. The molecule has 0 spiro atoms. The Morgan fingerprint density at radius 2 is 2.00 bits per heavy atom. The van der Waals surface area contributed by atoms with Gasteiger partial charge in [-0.15, -0.1) is 0 Å². The Morgan fingerprint density at radius 3 is 2.69 bits per heavy atom. The summed E-state index contributed by atoms with van der Waals surface area (Å²) in [6.07, 6.45) is 1.48. The van der Waals surface area contributed by atoms with Crippen molar-refractivity contribution in [2.24, 2.45) is 5.92 Å². The predicted octanol–water partition coefficient (Wildman–Crippen LogP) is 4.78. The van der Waals surface area contributed by atoms with Crippen molar-refractivity contribution in [2.45, 2.75) is 39.7 Å².